The number of carbonyl (C=O) groups excluding carboxylic acids is 2. The molecular formula is C22H20N2O3. The van der Waals surface area contributed by atoms with Gasteiger partial charge in [0.15, 0.2) is 6.10 Å². The number of nitrogens with zero attached hydrogens (tertiary/aromatic N) is 1. The molecule has 136 valence electrons. The van der Waals surface area contributed by atoms with Crippen LogP contribution >= 0.6 is 0 Å². The molecule has 3 aromatic rings. The highest BCUT2D eigenvalue weighted by atomic mass is 16.5. The van der Waals surface area contributed by atoms with Crippen LogP contribution in [0.25, 0.3) is 17.0 Å². The topological polar surface area (TPSA) is 68.3 Å². The first-order valence-electron chi connectivity index (χ1n) is 8.63. The van der Waals surface area contributed by atoms with Gasteiger partial charge in [-0.2, -0.15) is 0 Å². The van der Waals surface area contributed by atoms with E-state index in [9.17, 15) is 9.59 Å². The molecule has 27 heavy (non-hydrogen) atoms. The number of esters is 1. The molecule has 0 fully saturated rings. The summed E-state index contributed by atoms with van der Waals surface area (Å²) >= 11 is 0. The molecule has 0 unspecified atom stereocenters. The highest BCUT2D eigenvalue weighted by molar-refractivity contribution is 5.96. The number of benzene rings is 2. The minimum Gasteiger partial charge on any atom is -0.449 e. The zero-order chi connectivity index (χ0) is 19.2. The number of fused-ring (bicyclic) bond motifs is 1. The van der Waals surface area contributed by atoms with E-state index in [1.165, 1.54) is 13.0 Å². The van der Waals surface area contributed by atoms with Gasteiger partial charge in [-0.05, 0) is 44.2 Å². The molecule has 0 bridgehead atoms. The van der Waals surface area contributed by atoms with Gasteiger partial charge in [0.25, 0.3) is 5.91 Å². The van der Waals surface area contributed by atoms with Crippen LogP contribution in [0.15, 0.2) is 66.7 Å². The highest BCUT2D eigenvalue weighted by Gasteiger charge is 2.16. The summed E-state index contributed by atoms with van der Waals surface area (Å²) < 4.78 is 5.15. The average Bonchev–Trinajstić information content (AvgIpc) is 2.68. The van der Waals surface area contributed by atoms with Crippen molar-refractivity contribution < 1.29 is 14.3 Å². The maximum atomic E-state index is 12.1. The second-order valence-electron chi connectivity index (χ2n) is 6.20. The van der Waals surface area contributed by atoms with Gasteiger partial charge < -0.3 is 10.1 Å². The lowest BCUT2D eigenvalue weighted by molar-refractivity contribution is -0.148. The quantitative estimate of drug-likeness (QED) is 0.549. The average molecular weight is 360 g/mol. The molecule has 1 heterocycles. The number of aryl methyl sites for hydroxylation is 1. The fourth-order valence-corrected chi connectivity index (χ4v) is 2.48. The Kier molecular flexibility index (Phi) is 5.61. The lowest BCUT2D eigenvalue weighted by atomic mass is 10.2. The van der Waals surface area contributed by atoms with Crippen LogP contribution < -0.4 is 5.32 Å². The zero-order valence-corrected chi connectivity index (χ0v) is 15.2. The highest BCUT2D eigenvalue weighted by Crippen LogP contribution is 2.13. The Morgan fingerprint density at radius 2 is 1.78 bits per heavy atom. The van der Waals surface area contributed by atoms with E-state index >= 15 is 0 Å². The predicted molar refractivity (Wildman–Crippen MR) is 106 cm³/mol. The van der Waals surface area contributed by atoms with Gasteiger partial charge in [-0.15, -0.1) is 0 Å². The smallest absolute Gasteiger partial charge is 0.331 e. The van der Waals surface area contributed by atoms with Crippen LogP contribution in [0.3, 0.4) is 0 Å². The number of hydrogen-bond acceptors (Lipinski definition) is 4. The van der Waals surface area contributed by atoms with E-state index in [1.807, 2.05) is 55.5 Å². The predicted octanol–water partition coefficient (Wildman–Crippen LogP) is 4.13. The molecule has 5 nitrogen and oxygen atoms in total. The summed E-state index contributed by atoms with van der Waals surface area (Å²) in [6.07, 6.45) is 1.93. The Hall–Kier alpha value is -3.47. The van der Waals surface area contributed by atoms with Crippen molar-refractivity contribution in [2.75, 3.05) is 5.32 Å². The largest absolute Gasteiger partial charge is 0.449 e. The van der Waals surface area contributed by atoms with Gasteiger partial charge in [0.2, 0.25) is 0 Å². The van der Waals surface area contributed by atoms with Gasteiger partial charge in [0.1, 0.15) is 0 Å². The molecule has 3 rings (SSSR count). The van der Waals surface area contributed by atoms with Crippen LogP contribution in [0.2, 0.25) is 0 Å². The molecule has 5 heteroatoms. The molecule has 2 aromatic carbocycles. The maximum absolute atomic E-state index is 12.1. The first-order valence-corrected chi connectivity index (χ1v) is 8.63. The lowest BCUT2D eigenvalue weighted by Crippen LogP contribution is -2.29. The van der Waals surface area contributed by atoms with Crippen molar-refractivity contribution in [3.63, 3.8) is 0 Å². The Morgan fingerprint density at radius 3 is 2.56 bits per heavy atom. The molecule has 0 aliphatic heterocycles. The molecule has 1 aromatic heterocycles. The second kappa shape index (κ2) is 8.27. The first-order chi connectivity index (χ1) is 13.0. The van der Waals surface area contributed by atoms with Gasteiger partial charge in [-0.3, -0.25) is 4.79 Å². The van der Waals surface area contributed by atoms with E-state index in [2.05, 4.69) is 10.3 Å². The second-order valence-corrected chi connectivity index (χ2v) is 6.20. The fraction of sp³-hybridized carbons (Fsp3) is 0.136. The standard InChI is InChI=1S/C22H20N2O3/c1-15-7-10-19(11-8-15)24-22(26)16(2)27-21(25)14-13-18-12-9-17-5-3-4-6-20(17)23-18/h3-14,16H,1-2H3,(H,24,26)/b14-13+/t16-/m1/s1. The van der Waals surface area contributed by atoms with Crippen LogP contribution in [0.1, 0.15) is 18.2 Å². The number of aromatic nitrogens is 1. The summed E-state index contributed by atoms with van der Waals surface area (Å²) in [5.41, 5.74) is 3.24. The normalized spacial score (nSPS) is 12.1. The number of ether oxygens (including phenoxy) is 1. The minimum absolute atomic E-state index is 0.385. The number of anilines is 1. The van der Waals surface area contributed by atoms with Crippen LogP contribution in [0.5, 0.6) is 0 Å². The monoisotopic (exact) mass is 360 g/mol. The van der Waals surface area contributed by atoms with Gasteiger partial charge in [-0.25, -0.2) is 9.78 Å². The van der Waals surface area contributed by atoms with E-state index in [4.69, 9.17) is 4.74 Å². The molecular weight excluding hydrogens is 340 g/mol. The summed E-state index contributed by atoms with van der Waals surface area (Å²) in [6, 6.07) is 18.9. The molecule has 1 N–H and O–H groups in total. The van der Waals surface area contributed by atoms with Crippen molar-refractivity contribution in [1.29, 1.82) is 0 Å². The fourth-order valence-electron chi connectivity index (χ4n) is 2.48. The molecule has 1 amide bonds. The number of rotatable bonds is 5. The van der Waals surface area contributed by atoms with E-state index in [-0.39, 0.29) is 5.91 Å². The molecule has 0 spiro atoms. The Morgan fingerprint density at radius 1 is 1.04 bits per heavy atom. The summed E-state index contributed by atoms with van der Waals surface area (Å²) in [5.74, 6) is -0.985. The number of amides is 1. The van der Waals surface area contributed by atoms with E-state index in [1.54, 1.807) is 18.2 Å². The molecule has 0 aliphatic rings. The Labute approximate surface area is 157 Å². The van der Waals surface area contributed by atoms with Crippen LogP contribution in [-0.4, -0.2) is 23.0 Å². The molecule has 0 saturated carbocycles. The molecule has 0 radical (unpaired) electrons. The van der Waals surface area contributed by atoms with Gasteiger partial charge in [-0.1, -0.05) is 42.0 Å². The van der Waals surface area contributed by atoms with Crippen LogP contribution in [0.4, 0.5) is 5.69 Å². The van der Waals surface area contributed by atoms with Gasteiger partial charge in [0.05, 0.1) is 11.2 Å². The summed E-state index contributed by atoms with van der Waals surface area (Å²) in [7, 11) is 0. The van der Waals surface area contributed by atoms with Crippen LogP contribution in [-0.2, 0) is 14.3 Å². The van der Waals surface area contributed by atoms with E-state index in [0.29, 0.717) is 11.4 Å². The van der Waals surface area contributed by atoms with E-state index < -0.39 is 12.1 Å². The number of para-hydroxylation sites is 1. The van der Waals surface area contributed by atoms with Crippen molar-refractivity contribution in [2.45, 2.75) is 20.0 Å². The number of nitrogens with one attached hydrogen (secondary N) is 1. The van der Waals surface area contributed by atoms with E-state index in [0.717, 1.165) is 16.5 Å². The van der Waals surface area contributed by atoms with Gasteiger partial charge >= 0.3 is 5.97 Å². The van der Waals surface area contributed by atoms with Crippen molar-refractivity contribution in [3.05, 3.63) is 78.0 Å². The third-order valence-corrected chi connectivity index (χ3v) is 3.99. The third kappa shape index (κ3) is 5.01. The van der Waals surface area contributed by atoms with Crippen LogP contribution in [0, 0.1) is 6.92 Å². The number of pyridine rings is 1. The first kappa shape index (κ1) is 18.3. The molecule has 0 saturated heterocycles. The maximum Gasteiger partial charge on any atom is 0.331 e. The van der Waals surface area contributed by atoms with Crippen molar-refractivity contribution >= 4 is 34.5 Å². The minimum atomic E-state index is -0.909. The van der Waals surface area contributed by atoms with Gasteiger partial charge in [0, 0.05) is 17.1 Å². The third-order valence-electron chi connectivity index (χ3n) is 3.99. The lowest BCUT2D eigenvalue weighted by Gasteiger charge is -2.12. The SMILES string of the molecule is Cc1ccc(NC(=O)[C@@H](C)OC(=O)/C=C/c2ccc3ccccc3n2)cc1. The van der Waals surface area contributed by atoms with Crippen molar-refractivity contribution in [1.82, 2.24) is 4.98 Å². The number of hydrogen-bond donors (Lipinski definition) is 1. The van der Waals surface area contributed by atoms with Crippen molar-refractivity contribution in [2.24, 2.45) is 0 Å². The Bertz CT molecular complexity index is 994. The molecule has 1 atom stereocenters. The van der Waals surface area contributed by atoms with Crippen molar-refractivity contribution in [3.8, 4) is 0 Å². The number of carbonyl (C=O) groups is 2. The zero-order valence-electron chi connectivity index (χ0n) is 15.2. The molecule has 0 aliphatic carbocycles. The summed E-state index contributed by atoms with van der Waals surface area (Å²) in [6.45, 7) is 3.50. The Balaban J connectivity index is 1.57. The summed E-state index contributed by atoms with van der Waals surface area (Å²) in [5, 5.41) is 3.74. The summed E-state index contributed by atoms with van der Waals surface area (Å²) in [4.78, 5) is 28.6.